The van der Waals surface area contributed by atoms with E-state index in [0.717, 1.165) is 0 Å². The highest BCUT2D eigenvalue weighted by Gasteiger charge is 2.17. The summed E-state index contributed by atoms with van der Waals surface area (Å²) in [6.07, 6.45) is -0.141. The van der Waals surface area contributed by atoms with Crippen molar-refractivity contribution in [1.29, 1.82) is 0 Å². The molecule has 4 nitrogen and oxygen atoms in total. The van der Waals surface area contributed by atoms with Gasteiger partial charge in [0.2, 0.25) is 0 Å². The summed E-state index contributed by atoms with van der Waals surface area (Å²) in [6.45, 7) is 3.93. The number of aliphatic hydroxyl groups is 1. The van der Waals surface area contributed by atoms with Crippen LogP contribution in [0.2, 0.25) is 0 Å². The molecule has 2 atom stereocenters. The molecular weight excluding hydrogens is 194 g/mol. The fourth-order valence-electron chi connectivity index (χ4n) is 0.814. The van der Waals surface area contributed by atoms with Gasteiger partial charge in [-0.2, -0.15) is 0 Å². The number of carbonyl (C=O) groups is 1. The molecule has 3 N–H and O–H groups in total. The number of carbonyl (C=O) groups excluding carboxylic acids is 1. The molecule has 0 amide bonds. The van der Waals surface area contributed by atoms with Crippen LogP contribution in [0.1, 0.15) is 26.7 Å². The molecule has 0 bridgehead atoms. The maximum absolute atomic E-state index is 10.8. The normalized spacial score (nSPS) is 14.2. The second-order valence-electron chi connectivity index (χ2n) is 2.65. The monoisotopic (exact) mass is 211 g/mol. The highest BCUT2D eigenvalue weighted by Crippen LogP contribution is 2.01. The largest absolute Gasteiger partial charge is 0.466 e. The second kappa shape index (κ2) is 8.29. The van der Waals surface area contributed by atoms with Crippen LogP contribution in [0.5, 0.6) is 0 Å². The van der Waals surface area contributed by atoms with Gasteiger partial charge < -0.3 is 15.6 Å². The van der Waals surface area contributed by atoms with Crippen LogP contribution in [0.25, 0.3) is 0 Å². The predicted octanol–water partition coefficient (Wildman–Crippen LogP) is 0.460. The molecule has 0 radical (unpaired) electrons. The number of ether oxygens (including phenoxy) is 1. The van der Waals surface area contributed by atoms with Gasteiger partial charge in [-0.15, -0.1) is 12.4 Å². The minimum Gasteiger partial charge on any atom is -0.466 e. The molecule has 0 aliphatic rings. The first-order chi connectivity index (χ1) is 5.61. The van der Waals surface area contributed by atoms with Crippen molar-refractivity contribution in [3.8, 4) is 0 Å². The number of halogens is 1. The molecule has 0 heterocycles. The van der Waals surface area contributed by atoms with Gasteiger partial charge in [-0.1, -0.05) is 6.92 Å². The maximum Gasteiger partial charge on any atom is 0.308 e. The Labute approximate surface area is 84.9 Å². The molecule has 0 saturated heterocycles. The Morgan fingerprint density at radius 1 is 1.54 bits per heavy atom. The third-order valence-electron chi connectivity index (χ3n) is 1.65. The van der Waals surface area contributed by atoms with Crippen molar-refractivity contribution in [1.82, 2.24) is 0 Å². The van der Waals surface area contributed by atoms with E-state index in [1.165, 1.54) is 0 Å². The van der Waals surface area contributed by atoms with Crippen LogP contribution >= 0.6 is 12.4 Å². The van der Waals surface area contributed by atoms with E-state index in [4.69, 9.17) is 5.73 Å². The fraction of sp³-hybridized carbons (Fsp3) is 0.875. The third-order valence-corrected chi connectivity index (χ3v) is 1.65. The molecule has 0 aromatic heterocycles. The summed E-state index contributed by atoms with van der Waals surface area (Å²) in [5.41, 5.74) is 5.50. The van der Waals surface area contributed by atoms with Crippen molar-refractivity contribution >= 4 is 18.4 Å². The van der Waals surface area contributed by atoms with Crippen molar-refractivity contribution in [2.75, 3.05) is 6.61 Å². The van der Waals surface area contributed by atoms with Crippen molar-refractivity contribution in [3.63, 3.8) is 0 Å². The summed E-state index contributed by atoms with van der Waals surface area (Å²) in [6, 6.07) is -0.339. The minimum atomic E-state index is -0.783. The van der Waals surface area contributed by atoms with Crippen LogP contribution in [0.3, 0.4) is 0 Å². The van der Waals surface area contributed by atoms with Crippen LogP contribution in [-0.4, -0.2) is 29.8 Å². The van der Waals surface area contributed by atoms with Gasteiger partial charge in [0.25, 0.3) is 0 Å². The molecule has 13 heavy (non-hydrogen) atoms. The molecule has 80 valence electrons. The first kappa shape index (κ1) is 15.2. The molecule has 0 aromatic carbocycles. The molecule has 5 heteroatoms. The highest BCUT2D eigenvalue weighted by atomic mass is 35.5. The second-order valence-corrected chi connectivity index (χ2v) is 2.65. The molecular formula is C8H18ClNO3. The maximum atomic E-state index is 10.8. The van der Waals surface area contributed by atoms with Crippen LogP contribution in [0.15, 0.2) is 0 Å². The average Bonchev–Trinajstić information content (AvgIpc) is 2.03. The Bertz CT molecular complexity index is 143. The lowest BCUT2D eigenvalue weighted by Crippen LogP contribution is -2.35. The first-order valence-corrected chi connectivity index (χ1v) is 4.21. The number of aliphatic hydroxyl groups excluding tert-OH is 1. The van der Waals surface area contributed by atoms with E-state index in [2.05, 4.69) is 4.74 Å². The van der Waals surface area contributed by atoms with Gasteiger partial charge >= 0.3 is 5.97 Å². The summed E-state index contributed by atoms with van der Waals surface area (Å²) in [7, 11) is 0. The van der Waals surface area contributed by atoms with Crippen LogP contribution < -0.4 is 5.73 Å². The van der Waals surface area contributed by atoms with E-state index in [0.29, 0.717) is 13.0 Å². The molecule has 0 spiro atoms. The molecule has 0 aliphatic heterocycles. The zero-order valence-corrected chi connectivity index (χ0v) is 8.84. The van der Waals surface area contributed by atoms with E-state index in [1.54, 1.807) is 6.92 Å². The molecule has 0 aromatic rings. The smallest absolute Gasteiger partial charge is 0.308 e. The predicted molar refractivity (Wildman–Crippen MR) is 52.8 cm³/mol. The summed E-state index contributed by atoms with van der Waals surface area (Å²) in [4.78, 5) is 10.8. The van der Waals surface area contributed by atoms with Gasteiger partial charge in [-0.3, -0.25) is 4.79 Å². The molecule has 0 fully saturated rings. The Morgan fingerprint density at radius 2 is 2.08 bits per heavy atom. The van der Waals surface area contributed by atoms with Gasteiger partial charge in [0, 0.05) is 6.04 Å². The SMILES string of the molecule is CCOC(=O)CC(O)C(N)CC.Cl. The van der Waals surface area contributed by atoms with Gasteiger partial charge in [0.1, 0.15) is 0 Å². The van der Waals surface area contributed by atoms with Crippen LogP contribution in [0, 0.1) is 0 Å². The van der Waals surface area contributed by atoms with Crippen LogP contribution in [-0.2, 0) is 9.53 Å². The molecule has 2 unspecified atom stereocenters. The van der Waals surface area contributed by atoms with E-state index >= 15 is 0 Å². The Hall–Kier alpha value is -0.320. The fourth-order valence-corrected chi connectivity index (χ4v) is 0.814. The van der Waals surface area contributed by atoms with E-state index in [-0.39, 0.29) is 24.9 Å². The lowest BCUT2D eigenvalue weighted by atomic mass is 10.1. The summed E-state index contributed by atoms with van der Waals surface area (Å²) >= 11 is 0. The summed E-state index contributed by atoms with van der Waals surface area (Å²) in [5, 5.41) is 9.29. The zero-order valence-electron chi connectivity index (χ0n) is 8.03. The Morgan fingerprint density at radius 3 is 2.46 bits per heavy atom. The van der Waals surface area contributed by atoms with Gasteiger partial charge in [0.15, 0.2) is 0 Å². The van der Waals surface area contributed by atoms with Crippen molar-refractivity contribution in [2.45, 2.75) is 38.8 Å². The van der Waals surface area contributed by atoms with Crippen LogP contribution in [0.4, 0.5) is 0 Å². The van der Waals surface area contributed by atoms with E-state index < -0.39 is 12.1 Å². The lowest BCUT2D eigenvalue weighted by molar-refractivity contribution is -0.145. The number of esters is 1. The highest BCUT2D eigenvalue weighted by molar-refractivity contribution is 5.85. The lowest BCUT2D eigenvalue weighted by Gasteiger charge is -2.15. The molecule has 0 aliphatic carbocycles. The van der Waals surface area contributed by atoms with Gasteiger partial charge in [-0.05, 0) is 13.3 Å². The van der Waals surface area contributed by atoms with Crippen molar-refractivity contribution in [2.24, 2.45) is 5.73 Å². The average molecular weight is 212 g/mol. The third kappa shape index (κ3) is 6.81. The van der Waals surface area contributed by atoms with Gasteiger partial charge in [-0.25, -0.2) is 0 Å². The minimum absolute atomic E-state index is 0. The van der Waals surface area contributed by atoms with E-state index in [9.17, 15) is 9.90 Å². The first-order valence-electron chi connectivity index (χ1n) is 4.21. The number of hydrogen-bond donors (Lipinski definition) is 2. The summed E-state index contributed by atoms with van der Waals surface area (Å²) < 4.78 is 4.65. The Kier molecular flexibility index (Phi) is 9.67. The number of hydrogen-bond acceptors (Lipinski definition) is 4. The zero-order chi connectivity index (χ0) is 9.56. The van der Waals surface area contributed by atoms with Crippen molar-refractivity contribution < 1.29 is 14.6 Å². The quantitative estimate of drug-likeness (QED) is 0.648. The Balaban J connectivity index is 0. The standard InChI is InChI=1S/C8H17NO3.ClH/c1-3-6(9)7(10)5-8(11)12-4-2;/h6-7,10H,3-5,9H2,1-2H3;1H. The molecule has 0 saturated carbocycles. The number of rotatable bonds is 5. The molecule has 0 rings (SSSR count). The van der Waals surface area contributed by atoms with Gasteiger partial charge in [0.05, 0.1) is 19.1 Å². The topological polar surface area (TPSA) is 72.5 Å². The number of nitrogens with two attached hydrogens (primary N) is 1. The van der Waals surface area contributed by atoms with Crippen molar-refractivity contribution in [3.05, 3.63) is 0 Å². The summed E-state index contributed by atoms with van der Waals surface area (Å²) in [5.74, 6) is -0.395. The van der Waals surface area contributed by atoms with E-state index in [1.807, 2.05) is 6.92 Å².